The Bertz CT molecular complexity index is 1380. The Morgan fingerprint density at radius 3 is 2.81 bits per heavy atom. The fourth-order valence-corrected chi connectivity index (χ4v) is 6.82. The number of piperidine rings is 1. The summed E-state index contributed by atoms with van der Waals surface area (Å²) in [6.45, 7) is 3.91. The van der Waals surface area contributed by atoms with Gasteiger partial charge in [-0.15, -0.1) is 11.3 Å². The minimum absolute atomic E-state index is 0.00724. The van der Waals surface area contributed by atoms with Gasteiger partial charge in [0.1, 0.15) is 12.4 Å². The van der Waals surface area contributed by atoms with E-state index in [1.165, 1.54) is 0 Å². The molecule has 4 heterocycles. The molecule has 1 fully saturated rings. The molecule has 0 radical (unpaired) electrons. The summed E-state index contributed by atoms with van der Waals surface area (Å²) in [5.74, 6) is 0.406. The van der Waals surface area contributed by atoms with Crippen LogP contribution >= 0.6 is 11.3 Å². The highest BCUT2D eigenvalue weighted by molar-refractivity contribution is 7.10. The van der Waals surface area contributed by atoms with Crippen LogP contribution in [0.4, 0.5) is 11.5 Å². The van der Waals surface area contributed by atoms with Crippen molar-refractivity contribution >= 4 is 40.6 Å². The molecule has 7 nitrogen and oxygen atoms in total. The molecule has 3 aromatic rings. The van der Waals surface area contributed by atoms with E-state index >= 15 is 0 Å². The van der Waals surface area contributed by atoms with Gasteiger partial charge in [0.2, 0.25) is 17.7 Å². The standard InChI is InChI=1S/C28H28N4O3S/c1-27(2)10-9-21(22-6-4-12-36-22)32(26(27)35)16-23(33)30-19-8-7-17-14-28(15-18(17)13-19)20-5-3-11-29-24(20)31-25(28)34/h3-8,11-13,21H,9-10,14-16H2,1-2H3,(H,30,33)(H,29,31,34)/t21-,28?/m0/s1. The third-order valence-corrected chi connectivity index (χ3v) is 8.88. The topological polar surface area (TPSA) is 91.4 Å². The molecular weight excluding hydrogens is 472 g/mol. The maximum Gasteiger partial charge on any atom is 0.244 e. The van der Waals surface area contributed by atoms with Crippen molar-refractivity contribution in [2.45, 2.75) is 51.0 Å². The number of fused-ring (bicyclic) bond motifs is 3. The summed E-state index contributed by atoms with van der Waals surface area (Å²) in [4.78, 5) is 46.6. The largest absolute Gasteiger partial charge is 0.325 e. The zero-order chi connectivity index (χ0) is 25.1. The average molecular weight is 501 g/mol. The summed E-state index contributed by atoms with van der Waals surface area (Å²) >= 11 is 1.62. The van der Waals surface area contributed by atoms with E-state index in [0.29, 0.717) is 24.3 Å². The van der Waals surface area contributed by atoms with E-state index in [2.05, 4.69) is 15.6 Å². The summed E-state index contributed by atoms with van der Waals surface area (Å²) in [5.41, 5.74) is 2.63. The fourth-order valence-electron chi connectivity index (χ4n) is 5.95. The van der Waals surface area contributed by atoms with Crippen molar-refractivity contribution in [1.82, 2.24) is 9.88 Å². The zero-order valence-electron chi connectivity index (χ0n) is 20.3. The minimum atomic E-state index is -0.645. The number of carbonyl (C=O) groups excluding carboxylic acids is 3. The highest BCUT2D eigenvalue weighted by atomic mass is 32.1. The Labute approximate surface area is 213 Å². The lowest BCUT2D eigenvalue weighted by Gasteiger charge is -2.42. The van der Waals surface area contributed by atoms with E-state index in [1.54, 1.807) is 22.4 Å². The number of hydrogen-bond acceptors (Lipinski definition) is 5. The van der Waals surface area contributed by atoms with E-state index < -0.39 is 10.8 Å². The van der Waals surface area contributed by atoms with Gasteiger partial charge in [0.25, 0.3) is 0 Å². The number of benzene rings is 1. The molecule has 1 unspecified atom stereocenters. The van der Waals surface area contributed by atoms with E-state index in [4.69, 9.17) is 0 Å². The molecule has 2 atom stereocenters. The van der Waals surface area contributed by atoms with E-state index in [1.807, 2.05) is 61.7 Å². The number of aromatic nitrogens is 1. The van der Waals surface area contributed by atoms with Gasteiger partial charge in [-0.25, -0.2) is 4.98 Å². The fraction of sp³-hybridized carbons (Fsp3) is 0.357. The molecule has 0 bridgehead atoms. The number of rotatable bonds is 4. The van der Waals surface area contributed by atoms with Crippen LogP contribution in [-0.2, 0) is 32.6 Å². The summed E-state index contributed by atoms with van der Waals surface area (Å²) in [5, 5.41) is 7.94. The molecule has 1 saturated heterocycles. The Kier molecular flexibility index (Phi) is 5.26. The molecule has 3 amide bonds. The van der Waals surface area contributed by atoms with Crippen LogP contribution in [0.25, 0.3) is 0 Å². The van der Waals surface area contributed by atoms with Gasteiger partial charge in [0.05, 0.1) is 11.5 Å². The van der Waals surface area contributed by atoms with E-state index in [0.717, 1.165) is 34.4 Å². The third kappa shape index (κ3) is 3.63. The predicted octanol–water partition coefficient (Wildman–Crippen LogP) is 4.46. The quantitative estimate of drug-likeness (QED) is 0.553. The lowest BCUT2D eigenvalue weighted by Crippen LogP contribution is -2.50. The highest BCUT2D eigenvalue weighted by Gasteiger charge is 2.51. The summed E-state index contributed by atoms with van der Waals surface area (Å²) in [7, 11) is 0. The second-order valence-electron chi connectivity index (χ2n) is 10.7. The second-order valence-corrected chi connectivity index (χ2v) is 11.7. The van der Waals surface area contributed by atoms with Crippen LogP contribution in [0.15, 0.2) is 54.0 Å². The molecule has 1 aliphatic carbocycles. The summed E-state index contributed by atoms with van der Waals surface area (Å²) in [6, 6.07) is 13.6. The van der Waals surface area contributed by atoms with E-state index in [9.17, 15) is 14.4 Å². The van der Waals surface area contributed by atoms with Crippen LogP contribution in [-0.4, -0.2) is 34.2 Å². The summed E-state index contributed by atoms with van der Waals surface area (Å²) in [6.07, 6.45) is 4.50. The van der Waals surface area contributed by atoms with Gasteiger partial charge in [-0.3, -0.25) is 14.4 Å². The molecule has 1 spiro atoms. The minimum Gasteiger partial charge on any atom is -0.325 e. The third-order valence-electron chi connectivity index (χ3n) is 7.91. The van der Waals surface area contributed by atoms with Crippen LogP contribution in [0.1, 0.15) is 54.3 Å². The molecule has 2 aromatic heterocycles. The number of likely N-dealkylation sites (tertiary alicyclic amines) is 1. The molecule has 8 heteroatoms. The lowest BCUT2D eigenvalue weighted by molar-refractivity contribution is -0.150. The number of pyridine rings is 1. The molecule has 0 saturated carbocycles. The SMILES string of the molecule is CC1(C)CC[C@@H](c2cccs2)N(CC(=O)Nc2ccc3c(c2)CC2(C3)C(=O)Nc3ncccc32)C1=O. The van der Waals surface area contributed by atoms with Crippen molar-refractivity contribution in [3.63, 3.8) is 0 Å². The first-order valence-electron chi connectivity index (χ1n) is 12.3. The van der Waals surface area contributed by atoms with Gasteiger partial charge in [0, 0.05) is 27.7 Å². The molecular formula is C28H28N4O3S. The van der Waals surface area contributed by atoms with Gasteiger partial charge in [0.15, 0.2) is 0 Å². The van der Waals surface area contributed by atoms with Crippen molar-refractivity contribution in [2.75, 3.05) is 17.2 Å². The normalized spacial score (nSPS) is 23.9. The van der Waals surface area contributed by atoms with Crippen molar-refractivity contribution < 1.29 is 14.4 Å². The van der Waals surface area contributed by atoms with Crippen LogP contribution in [0.2, 0.25) is 0 Å². The van der Waals surface area contributed by atoms with E-state index in [-0.39, 0.29) is 30.3 Å². The second kappa shape index (κ2) is 8.27. The van der Waals surface area contributed by atoms with Crippen LogP contribution in [0.3, 0.4) is 0 Å². The Hall–Kier alpha value is -3.52. The number of carbonyl (C=O) groups is 3. The number of nitrogens with zero attached hydrogens (tertiary/aromatic N) is 2. The predicted molar refractivity (Wildman–Crippen MR) is 139 cm³/mol. The monoisotopic (exact) mass is 500 g/mol. The number of amides is 3. The number of hydrogen-bond donors (Lipinski definition) is 2. The maximum absolute atomic E-state index is 13.3. The van der Waals surface area contributed by atoms with Gasteiger partial charge < -0.3 is 15.5 Å². The molecule has 6 rings (SSSR count). The number of anilines is 2. The molecule has 1 aromatic carbocycles. The van der Waals surface area contributed by atoms with Crippen LogP contribution in [0.5, 0.6) is 0 Å². The zero-order valence-corrected chi connectivity index (χ0v) is 21.2. The van der Waals surface area contributed by atoms with Gasteiger partial charge in [-0.1, -0.05) is 32.0 Å². The van der Waals surface area contributed by atoms with Crippen molar-refractivity contribution in [1.29, 1.82) is 0 Å². The van der Waals surface area contributed by atoms with Crippen molar-refractivity contribution in [3.05, 3.63) is 75.6 Å². The lowest BCUT2D eigenvalue weighted by atomic mass is 9.79. The maximum atomic E-state index is 13.3. The molecule has 2 N–H and O–H groups in total. The van der Waals surface area contributed by atoms with Crippen molar-refractivity contribution in [2.24, 2.45) is 5.41 Å². The molecule has 3 aliphatic rings. The molecule has 184 valence electrons. The highest BCUT2D eigenvalue weighted by Crippen LogP contribution is 2.47. The Balaban J connectivity index is 1.20. The first-order valence-corrected chi connectivity index (χ1v) is 13.2. The molecule has 36 heavy (non-hydrogen) atoms. The average Bonchev–Trinajstić information content (AvgIpc) is 3.56. The van der Waals surface area contributed by atoms with Gasteiger partial charge >= 0.3 is 0 Å². The van der Waals surface area contributed by atoms with Gasteiger partial charge in [-0.05, 0) is 66.5 Å². The van der Waals surface area contributed by atoms with Gasteiger partial charge in [-0.2, -0.15) is 0 Å². The first kappa shape index (κ1) is 22.9. The number of thiophene rings is 1. The Morgan fingerprint density at radius 2 is 2.00 bits per heavy atom. The van der Waals surface area contributed by atoms with Crippen molar-refractivity contribution in [3.8, 4) is 0 Å². The Morgan fingerprint density at radius 1 is 1.17 bits per heavy atom. The summed E-state index contributed by atoms with van der Waals surface area (Å²) < 4.78 is 0. The smallest absolute Gasteiger partial charge is 0.244 e. The van der Waals surface area contributed by atoms with Crippen LogP contribution in [0, 0.1) is 5.41 Å². The molecule has 2 aliphatic heterocycles. The van der Waals surface area contributed by atoms with Crippen LogP contribution < -0.4 is 10.6 Å². The first-order chi connectivity index (χ1) is 17.3. The number of nitrogens with one attached hydrogen (secondary N) is 2.